The molecule has 2 heteroatoms. The van der Waals surface area contributed by atoms with Gasteiger partial charge in [0.15, 0.2) is 0 Å². The highest BCUT2D eigenvalue weighted by atomic mass is 15.2. The van der Waals surface area contributed by atoms with Gasteiger partial charge in [0.1, 0.15) is 0 Å². The van der Waals surface area contributed by atoms with Crippen LogP contribution in [0.4, 0.5) is 28.4 Å². The number of allylic oxidation sites excluding steroid dienone is 5. The van der Waals surface area contributed by atoms with Gasteiger partial charge in [0.2, 0.25) is 0 Å². The molecule has 0 spiro atoms. The monoisotopic (exact) mass is 426 g/mol. The number of benzene rings is 4. The second-order valence-corrected chi connectivity index (χ2v) is 7.85. The van der Waals surface area contributed by atoms with Crippen LogP contribution >= 0.6 is 0 Å². The third-order valence-corrected chi connectivity index (χ3v) is 5.63. The number of para-hydroxylation sites is 3. The van der Waals surface area contributed by atoms with Gasteiger partial charge in [-0.25, -0.2) is 0 Å². The van der Waals surface area contributed by atoms with E-state index in [9.17, 15) is 0 Å². The van der Waals surface area contributed by atoms with Gasteiger partial charge in [-0.3, -0.25) is 0 Å². The first-order valence-electron chi connectivity index (χ1n) is 11.3. The summed E-state index contributed by atoms with van der Waals surface area (Å²) in [5, 5.41) is 0. The Balaban J connectivity index is 1.56. The van der Waals surface area contributed by atoms with Crippen LogP contribution in [0.5, 0.6) is 0 Å². The lowest BCUT2D eigenvalue weighted by Gasteiger charge is -2.28. The van der Waals surface area contributed by atoms with E-state index in [0.29, 0.717) is 0 Å². The second-order valence-electron chi connectivity index (χ2n) is 7.85. The molecule has 160 valence electrons. The fraction of sp³-hybridized carbons (Fsp3) is 0.0323. The normalized spacial score (nSPS) is 12.7. The number of anilines is 5. The maximum Gasteiger partial charge on any atom is 0.0463 e. The molecule has 33 heavy (non-hydrogen) atoms. The van der Waals surface area contributed by atoms with E-state index in [0.717, 1.165) is 40.6 Å². The molecule has 0 amide bonds. The van der Waals surface area contributed by atoms with Crippen molar-refractivity contribution in [3.63, 3.8) is 0 Å². The van der Waals surface area contributed by atoms with Crippen LogP contribution in [-0.2, 0) is 0 Å². The lowest BCUT2D eigenvalue weighted by Crippen LogP contribution is -2.15. The van der Waals surface area contributed by atoms with Crippen molar-refractivity contribution in [2.24, 2.45) is 0 Å². The van der Waals surface area contributed by atoms with Gasteiger partial charge in [0, 0.05) is 34.1 Å². The van der Waals surface area contributed by atoms with Crippen LogP contribution < -0.4 is 9.80 Å². The van der Waals surface area contributed by atoms with Crippen LogP contribution in [0, 0.1) is 0 Å². The van der Waals surface area contributed by atoms with Crippen LogP contribution in [0.3, 0.4) is 0 Å². The molecule has 0 saturated carbocycles. The lowest BCUT2D eigenvalue weighted by atomic mass is 10.1. The fourth-order valence-corrected chi connectivity index (χ4v) is 4.09. The minimum Gasteiger partial charge on any atom is -0.311 e. The Kier molecular flexibility index (Phi) is 6.17. The number of nitrogens with zero attached hydrogens (tertiary/aromatic N) is 2. The van der Waals surface area contributed by atoms with Crippen molar-refractivity contribution >= 4 is 28.4 Å². The van der Waals surface area contributed by atoms with Gasteiger partial charge in [0.25, 0.3) is 0 Å². The van der Waals surface area contributed by atoms with Crippen LogP contribution in [-0.4, -0.2) is 0 Å². The molecule has 4 aromatic rings. The van der Waals surface area contributed by atoms with Crippen LogP contribution in [0.25, 0.3) is 0 Å². The van der Waals surface area contributed by atoms with Crippen molar-refractivity contribution in [3.05, 3.63) is 151 Å². The van der Waals surface area contributed by atoms with E-state index in [-0.39, 0.29) is 0 Å². The van der Waals surface area contributed by atoms with Gasteiger partial charge >= 0.3 is 0 Å². The van der Waals surface area contributed by atoms with Crippen LogP contribution in [0.2, 0.25) is 0 Å². The first kappa shape index (κ1) is 20.6. The number of hydrogen-bond acceptors (Lipinski definition) is 2. The molecule has 5 rings (SSSR count). The summed E-state index contributed by atoms with van der Waals surface area (Å²) in [5.74, 6) is 0. The van der Waals surface area contributed by atoms with Crippen LogP contribution in [0.1, 0.15) is 6.42 Å². The van der Waals surface area contributed by atoms with E-state index in [2.05, 4.69) is 155 Å². The summed E-state index contributed by atoms with van der Waals surface area (Å²) in [6, 6.07) is 40.3. The molecule has 0 fully saturated rings. The summed E-state index contributed by atoms with van der Waals surface area (Å²) in [4.78, 5) is 4.58. The number of hydrogen-bond donors (Lipinski definition) is 0. The highest BCUT2D eigenvalue weighted by Crippen LogP contribution is 2.37. The third kappa shape index (κ3) is 4.65. The van der Waals surface area contributed by atoms with E-state index >= 15 is 0 Å². The van der Waals surface area contributed by atoms with E-state index < -0.39 is 0 Å². The summed E-state index contributed by atoms with van der Waals surface area (Å²) < 4.78 is 0. The van der Waals surface area contributed by atoms with Crippen molar-refractivity contribution in [1.82, 2.24) is 0 Å². The van der Waals surface area contributed by atoms with Crippen molar-refractivity contribution < 1.29 is 0 Å². The highest BCUT2D eigenvalue weighted by Gasteiger charge is 2.15. The lowest BCUT2D eigenvalue weighted by molar-refractivity contribution is 1.20. The van der Waals surface area contributed by atoms with Gasteiger partial charge in [0.05, 0.1) is 0 Å². The summed E-state index contributed by atoms with van der Waals surface area (Å²) in [7, 11) is 0. The Bertz CT molecular complexity index is 1220. The van der Waals surface area contributed by atoms with E-state index in [1.54, 1.807) is 0 Å². The zero-order chi connectivity index (χ0) is 22.3. The highest BCUT2D eigenvalue weighted by molar-refractivity contribution is 5.79. The van der Waals surface area contributed by atoms with Gasteiger partial charge in [-0.15, -0.1) is 0 Å². The Labute approximate surface area is 196 Å². The average molecular weight is 427 g/mol. The van der Waals surface area contributed by atoms with Crippen molar-refractivity contribution in [3.8, 4) is 0 Å². The second kappa shape index (κ2) is 9.88. The molecule has 0 radical (unpaired) electrons. The Morgan fingerprint density at radius 1 is 0.424 bits per heavy atom. The van der Waals surface area contributed by atoms with E-state index in [1.165, 1.54) is 0 Å². The topological polar surface area (TPSA) is 6.48 Å². The first-order valence-corrected chi connectivity index (χ1v) is 11.3. The predicted molar refractivity (Wildman–Crippen MR) is 141 cm³/mol. The SMILES string of the molecule is C1=CCC=CC(N(c2ccccc2)c2ccc(N(c3ccccc3)c3ccccc3)cc2)=C1. The van der Waals surface area contributed by atoms with Crippen LogP contribution in [0.15, 0.2) is 151 Å². The maximum absolute atomic E-state index is 2.30. The smallest absolute Gasteiger partial charge is 0.0463 e. The van der Waals surface area contributed by atoms with E-state index in [1.807, 2.05) is 0 Å². The summed E-state index contributed by atoms with van der Waals surface area (Å²) >= 11 is 0. The fourth-order valence-electron chi connectivity index (χ4n) is 4.09. The van der Waals surface area contributed by atoms with Gasteiger partial charge in [-0.05, 0) is 79.2 Å². The predicted octanol–water partition coefficient (Wildman–Crippen LogP) is 8.69. The quantitative estimate of drug-likeness (QED) is 0.304. The molecule has 0 bridgehead atoms. The maximum atomic E-state index is 2.30. The van der Waals surface area contributed by atoms with Gasteiger partial charge in [-0.2, -0.15) is 0 Å². The van der Waals surface area contributed by atoms with Gasteiger partial charge in [-0.1, -0.05) is 72.8 Å². The van der Waals surface area contributed by atoms with Crippen molar-refractivity contribution in [1.29, 1.82) is 0 Å². The summed E-state index contributed by atoms with van der Waals surface area (Å²) in [6.07, 6.45) is 11.8. The molecule has 2 nitrogen and oxygen atoms in total. The molecular weight excluding hydrogens is 400 g/mol. The molecule has 1 aliphatic carbocycles. The third-order valence-electron chi connectivity index (χ3n) is 5.63. The molecule has 1 aliphatic rings. The average Bonchev–Trinajstić information content (AvgIpc) is 3.17. The first-order chi connectivity index (χ1) is 16.4. The Morgan fingerprint density at radius 3 is 1.36 bits per heavy atom. The molecular formula is C31H26N2. The van der Waals surface area contributed by atoms with Gasteiger partial charge < -0.3 is 9.80 Å². The molecule has 0 heterocycles. The standard InChI is InChI=1S/C31H26N2/c1-2-7-15-26(14-6-1)32(27-16-8-3-9-17-27)30-22-24-31(25-23-30)33(28-18-10-4-11-19-28)29-20-12-5-13-21-29/h1,3-25H,2H2. The largest absolute Gasteiger partial charge is 0.311 e. The zero-order valence-electron chi connectivity index (χ0n) is 18.5. The molecule has 0 unspecified atom stereocenters. The molecule has 0 aliphatic heterocycles. The molecule has 0 N–H and O–H groups in total. The zero-order valence-corrected chi connectivity index (χ0v) is 18.5. The summed E-state index contributed by atoms with van der Waals surface area (Å²) in [5.41, 5.74) is 6.79. The Hall–Kier alpha value is -4.30. The summed E-state index contributed by atoms with van der Waals surface area (Å²) in [6.45, 7) is 0. The van der Waals surface area contributed by atoms with Crippen molar-refractivity contribution in [2.75, 3.05) is 9.80 Å². The van der Waals surface area contributed by atoms with Crippen molar-refractivity contribution in [2.45, 2.75) is 6.42 Å². The minimum atomic E-state index is 0.949. The minimum absolute atomic E-state index is 0.949. The van der Waals surface area contributed by atoms with E-state index in [4.69, 9.17) is 0 Å². The Morgan fingerprint density at radius 2 is 0.848 bits per heavy atom. The molecule has 0 aromatic heterocycles. The molecule has 0 atom stereocenters. The molecule has 0 saturated heterocycles. The molecule has 4 aromatic carbocycles. The number of rotatable bonds is 6.